The molecule has 0 spiro atoms. The number of piperidine rings is 1. The lowest BCUT2D eigenvalue weighted by Crippen LogP contribution is -2.46. The molecule has 1 fully saturated rings. The van der Waals surface area contributed by atoms with Crippen molar-refractivity contribution in [3.63, 3.8) is 0 Å². The van der Waals surface area contributed by atoms with Gasteiger partial charge in [0.05, 0.1) is 5.92 Å². The van der Waals surface area contributed by atoms with Crippen LogP contribution in [-0.2, 0) is 4.79 Å². The second-order valence-corrected chi connectivity index (χ2v) is 5.41. The third-order valence-electron chi connectivity index (χ3n) is 3.74. The normalized spacial score (nSPS) is 17.2. The minimum Gasteiger partial charge on any atom is -0.355 e. The van der Waals surface area contributed by atoms with Gasteiger partial charge in [0, 0.05) is 38.3 Å². The maximum atomic E-state index is 13.7. The molecule has 9 heteroatoms. The zero-order valence-electron chi connectivity index (χ0n) is 12.9. The summed E-state index contributed by atoms with van der Waals surface area (Å²) in [5, 5.41) is 2.63. The summed E-state index contributed by atoms with van der Waals surface area (Å²) in [6, 6.07) is 0.928. The van der Waals surface area contributed by atoms with E-state index in [9.17, 15) is 22.8 Å². The number of carbonyl (C=O) groups excluding carboxylic acids is 2. The lowest BCUT2D eigenvalue weighted by atomic mass is 9.96. The number of nitrogens with zero attached hydrogens (tertiary/aromatic N) is 1. The highest BCUT2D eigenvalue weighted by atomic mass is 35.5. The molecule has 1 unspecified atom stereocenters. The van der Waals surface area contributed by atoms with Crippen LogP contribution in [0.25, 0.3) is 0 Å². The van der Waals surface area contributed by atoms with Crippen LogP contribution in [0.5, 0.6) is 0 Å². The van der Waals surface area contributed by atoms with Crippen molar-refractivity contribution in [3.8, 4) is 0 Å². The van der Waals surface area contributed by atoms with Crippen LogP contribution in [0.3, 0.4) is 0 Å². The molecular formula is C15H19ClF3N3O2. The molecule has 1 aliphatic rings. The SMILES string of the molecule is Cl.NCCNC(=O)C1CCCN(C(=O)c2c(F)cc(F)cc2F)C1. The first-order chi connectivity index (χ1) is 10.9. The van der Waals surface area contributed by atoms with E-state index in [0.29, 0.717) is 38.1 Å². The number of amides is 2. The van der Waals surface area contributed by atoms with Gasteiger partial charge < -0.3 is 16.0 Å². The van der Waals surface area contributed by atoms with Crippen molar-refractivity contribution >= 4 is 24.2 Å². The highest BCUT2D eigenvalue weighted by Gasteiger charge is 2.31. The Hall–Kier alpha value is -1.80. The summed E-state index contributed by atoms with van der Waals surface area (Å²) in [5.74, 6) is -5.16. The average molecular weight is 366 g/mol. The second kappa shape index (κ2) is 8.89. The molecule has 2 rings (SSSR count). The van der Waals surface area contributed by atoms with Crippen molar-refractivity contribution < 1.29 is 22.8 Å². The van der Waals surface area contributed by atoms with E-state index < -0.39 is 34.8 Å². The molecule has 0 saturated carbocycles. The Balaban J connectivity index is 0.00000288. The molecule has 1 aromatic rings. The van der Waals surface area contributed by atoms with Crippen molar-refractivity contribution in [3.05, 3.63) is 35.1 Å². The summed E-state index contributed by atoms with van der Waals surface area (Å²) in [4.78, 5) is 25.5. The topological polar surface area (TPSA) is 75.4 Å². The lowest BCUT2D eigenvalue weighted by molar-refractivity contribution is -0.126. The second-order valence-electron chi connectivity index (χ2n) is 5.41. The number of halogens is 4. The van der Waals surface area contributed by atoms with Gasteiger partial charge in [-0.25, -0.2) is 13.2 Å². The van der Waals surface area contributed by atoms with Crippen molar-refractivity contribution in [1.29, 1.82) is 0 Å². The number of hydrogen-bond acceptors (Lipinski definition) is 3. The van der Waals surface area contributed by atoms with Crippen molar-refractivity contribution in [2.45, 2.75) is 12.8 Å². The molecule has 0 bridgehead atoms. The Morgan fingerprint density at radius 2 is 1.88 bits per heavy atom. The summed E-state index contributed by atoms with van der Waals surface area (Å²) in [6.07, 6.45) is 1.12. The molecule has 0 aliphatic carbocycles. The molecule has 1 saturated heterocycles. The zero-order valence-corrected chi connectivity index (χ0v) is 13.7. The van der Waals surface area contributed by atoms with E-state index in [0.717, 1.165) is 0 Å². The van der Waals surface area contributed by atoms with Gasteiger partial charge in [0.1, 0.15) is 23.0 Å². The highest BCUT2D eigenvalue weighted by Crippen LogP contribution is 2.22. The van der Waals surface area contributed by atoms with Gasteiger partial charge in [-0.15, -0.1) is 12.4 Å². The third kappa shape index (κ3) is 4.61. The van der Waals surface area contributed by atoms with E-state index in [1.165, 1.54) is 4.90 Å². The van der Waals surface area contributed by atoms with Crippen LogP contribution in [-0.4, -0.2) is 42.9 Å². The van der Waals surface area contributed by atoms with Crippen LogP contribution < -0.4 is 11.1 Å². The zero-order chi connectivity index (χ0) is 17.0. The van der Waals surface area contributed by atoms with Crippen LogP contribution in [0.2, 0.25) is 0 Å². The number of benzene rings is 1. The standard InChI is InChI=1S/C15H18F3N3O2.ClH/c16-10-6-11(17)13(12(18)7-10)15(23)21-5-1-2-9(8-21)14(22)20-4-3-19;/h6-7,9H,1-5,8,19H2,(H,20,22);1H. The van der Waals surface area contributed by atoms with Gasteiger partial charge in [-0.3, -0.25) is 9.59 Å². The molecule has 3 N–H and O–H groups in total. The summed E-state index contributed by atoms with van der Waals surface area (Å²) < 4.78 is 40.4. The molecule has 5 nitrogen and oxygen atoms in total. The predicted molar refractivity (Wildman–Crippen MR) is 84.3 cm³/mol. The molecule has 1 aliphatic heterocycles. The molecule has 0 aromatic heterocycles. The largest absolute Gasteiger partial charge is 0.355 e. The molecule has 134 valence electrons. The number of hydrogen-bond donors (Lipinski definition) is 2. The Labute approximate surface area is 143 Å². The highest BCUT2D eigenvalue weighted by molar-refractivity contribution is 5.95. The number of carbonyl (C=O) groups is 2. The Bertz CT molecular complexity index is 593. The van der Waals surface area contributed by atoms with Gasteiger partial charge >= 0.3 is 0 Å². The number of nitrogens with one attached hydrogen (secondary N) is 1. The van der Waals surface area contributed by atoms with E-state index in [2.05, 4.69) is 5.32 Å². The van der Waals surface area contributed by atoms with Crippen molar-refractivity contribution in [1.82, 2.24) is 10.2 Å². The smallest absolute Gasteiger partial charge is 0.259 e. The minimum atomic E-state index is -1.25. The fraction of sp³-hybridized carbons (Fsp3) is 0.467. The monoisotopic (exact) mass is 365 g/mol. The quantitative estimate of drug-likeness (QED) is 0.848. The van der Waals surface area contributed by atoms with Crippen molar-refractivity contribution in [2.24, 2.45) is 11.7 Å². The third-order valence-corrected chi connectivity index (χ3v) is 3.74. The van der Waals surface area contributed by atoms with Gasteiger partial charge in [0.25, 0.3) is 5.91 Å². The van der Waals surface area contributed by atoms with Gasteiger partial charge in [-0.2, -0.15) is 0 Å². The predicted octanol–water partition coefficient (Wildman–Crippen LogP) is 1.45. The van der Waals surface area contributed by atoms with Crippen LogP contribution in [0.4, 0.5) is 13.2 Å². The molecule has 1 atom stereocenters. The maximum Gasteiger partial charge on any atom is 0.259 e. The first kappa shape index (κ1) is 20.2. The Kier molecular flexibility index (Phi) is 7.50. The molecular weight excluding hydrogens is 347 g/mol. The van der Waals surface area contributed by atoms with E-state index in [1.807, 2.05) is 0 Å². The van der Waals surface area contributed by atoms with E-state index >= 15 is 0 Å². The molecule has 24 heavy (non-hydrogen) atoms. The summed E-state index contributed by atoms with van der Waals surface area (Å²) in [7, 11) is 0. The first-order valence-electron chi connectivity index (χ1n) is 7.35. The molecule has 2 amide bonds. The number of nitrogens with two attached hydrogens (primary N) is 1. The number of rotatable bonds is 4. The van der Waals surface area contributed by atoms with Crippen LogP contribution in [0.1, 0.15) is 23.2 Å². The Morgan fingerprint density at radius 1 is 1.25 bits per heavy atom. The Morgan fingerprint density at radius 3 is 2.46 bits per heavy atom. The molecule has 1 heterocycles. The van der Waals surface area contributed by atoms with Crippen LogP contribution in [0, 0.1) is 23.4 Å². The lowest BCUT2D eigenvalue weighted by Gasteiger charge is -2.32. The maximum absolute atomic E-state index is 13.7. The first-order valence-corrected chi connectivity index (χ1v) is 7.35. The summed E-state index contributed by atoms with van der Waals surface area (Å²) in [6.45, 7) is 0.971. The van der Waals surface area contributed by atoms with E-state index in [-0.39, 0.29) is 31.4 Å². The molecule has 0 radical (unpaired) electrons. The van der Waals surface area contributed by atoms with Crippen molar-refractivity contribution in [2.75, 3.05) is 26.2 Å². The van der Waals surface area contributed by atoms with E-state index in [4.69, 9.17) is 5.73 Å². The van der Waals surface area contributed by atoms with Gasteiger partial charge in [0.15, 0.2) is 0 Å². The minimum absolute atomic E-state index is 0. The fourth-order valence-corrected chi connectivity index (χ4v) is 2.62. The van der Waals surface area contributed by atoms with Gasteiger partial charge in [0.2, 0.25) is 5.91 Å². The molecule has 1 aromatic carbocycles. The van der Waals surface area contributed by atoms with Crippen LogP contribution >= 0.6 is 12.4 Å². The summed E-state index contributed by atoms with van der Waals surface area (Å²) >= 11 is 0. The van der Waals surface area contributed by atoms with Gasteiger partial charge in [-0.1, -0.05) is 0 Å². The average Bonchev–Trinajstić information content (AvgIpc) is 2.51. The summed E-state index contributed by atoms with van der Waals surface area (Å²) in [5.41, 5.74) is 4.51. The number of likely N-dealkylation sites (tertiary alicyclic amines) is 1. The van der Waals surface area contributed by atoms with Gasteiger partial charge in [-0.05, 0) is 12.8 Å². The fourth-order valence-electron chi connectivity index (χ4n) is 2.62. The van der Waals surface area contributed by atoms with E-state index in [1.54, 1.807) is 0 Å². The van der Waals surface area contributed by atoms with Crippen LogP contribution in [0.15, 0.2) is 12.1 Å².